The lowest BCUT2D eigenvalue weighted by molar-refractivity contribution is -0.156. The molecule has 5 rings (SSSR count). The number of halogens is 3. The Morgan fingerprint density at radius 3 is 2.14 bits per heavy atom. The molecule has 2 N–H and O–H groups in total. The molecule has 9 nitrogen and oxygen atoms in total. The summed E-state index contributed by atoms with van der Waals surface area (Å²) in [6.45, 7) is 4.18. The van der Waals surface area contributed by atoms with Crippen LogP contribution < -0.4 is 15.5 Å². The van der Waals surface area contributed by atoms with Crippen molar-refractivity contribution in [2.45, 2.75) is 44.3 Å². The molecule has 12 heteroatoms. The summed E-state index contributed by atoms with van der Waals surface area (Å²) in [7, 11) is 0. The van der Waals surface area contributed by atoms with Crippen LogP contribution in [-0.4, -0.2) is 73.2 Å². The molecule has 194 valence electrons. The van der Waals surface area contributed by atoms with Crippen molar-refractivity contribution in [1.29, 1.82) is 0 Å². The number of alkyl halides is 3. The van der Waals surface area contributed by atoms with Crippen LogP contribution >= 0.6 is 0 Å². The van der Waals surface area contributed by atoms with Gasteiger partial charge >= 0.3 is 6.18 Å². The van der Waals surface area contributed by atoms with E-state index in [0.29, 0.717) is 11.1 Å². The van der Waals surface area contributed by atoms with Crippen molar-refractivity contribution in [3.8, 4) is 0 Å². The standard InChI is InChI=1S/C22H26N4O4.C2HF3O/c27-19-4-3-18(20(28)24-19)26-21(29)16-2-1-15(10-17(16)22(26)30)25-7-5-13(6-8-25)9-14-11-23-12-14;3-2(4,5)1-6/h1-2,10,13-14,18,23H,3-9,11-12H2,(H,24,27,28);1H. The monoisotopic (exact) mass is 508 g/mol. The average molecular weight is 508 g/mol. The number of piperidine rings is 2. The number of hydrogen-bond donors (Lipinski definition) is 2. The van der Waals surface area contributed by atoms with Gasteiger partial charge in [0.2, 0.25) is 18.1 Å². The largest absolute Gasteiger partial charge is 0.446 e. The van der Waals surface area contributed by atoms with Gasteiger partial charge in [0.15, 0.2) is 0 Å². The van der Waals surface area contributed by atoms with Gasteiger partial charge in [-0.2, -0.15) is 13.2 Å². The van der Waals surface area contributed by atoms with Crippen molar-refractivity contribution in [3.05, 3.63) is 29.3 Å². The molecule has 4 aliphatic rings. The van der Waals surface area contributed by atoms with E-state index in [4.69, 9.17) is 4.79 Å². The van der Waals surface area contributed by atoms with E-state index in [-0.39, 0.29) is 18.7 Å². The number of rotatable bonds is 4. The Morgan fingerprint density at radius 2 is 1.58 bits per heavy atom. The Bertz CT molecular complexity index is 1060. The SMILES string of the molecule is O=C1CCC(N2C(=O)c3ccc(N4CCC(CC5CNC5)CC4)cc3C2=O)C(=O)N1.O=CC(F)(F)F. The zero-order valence-electron chi connectivity index (χ0n) is 19.5. The lowest BCUT2D eigenvalue weighted by Gasteiger charge is -2.37. The number of anilines is 1. The molecule has 1 atom stereocenters. The quantitative estimate of drug-likeness (QED) is 0.470. The number of nitrogens with one attached hydrogen (secondary N) is 2. The maximum atomic E-state index is 13.0. The lowest BCUT2D eigenvalue weighted by atomic mass is 9.84. The van der Waals surface area contributed by atoms with E-state index in [1.165, 1.54) is 6.42 Å². The Labute approximate surface area is 205 Å². The van der Waals surface area contributed by atoms with Crippen LogP contribution in [0.2, 0.25) is 0 Å². The van der Waals surface area contributed by atoms with Crippen LogP contribution in [0.1, 0.15) is 52.8 Å². The number of carbonyl (C=O) groups is 5. The number of nitrogens with zero attached hydrogens (tertiary/aromatic N) is 2. The van der Waals surface area contributed by atoms with Gasteiger partial charge in [0, 0.05) is 25.2 Å². The van der Waals surface area contributed by atoms with Gasteiger partial charge in [0.25, 0.3) is 11.8 Å². The first kappa shape index (κ1) is 25.8. The number of carbonyl (C=O) groups excluding carboxylic acids is 5. The predicted molar refractivity (Wildman–Crippen MR) is 121 cm³/mol. The van der Waals surface area contributed by atoms with Gasteiger partial charge in [-0.25, -0.2) is 0 Å². The third-order valence-corrected chi connectivity index (χ3v) is 7.07. The Morgan fingerprint density at radius 1 is 0.944 bits per heavy atom. The first-order valence-corrected chi connectivity index (χ1v) is 11.9. The zero-order chi connectivity index (χ0) is 26.0. The van der Waals surface area contributed by atoms with Gasteiger partial charge < -0.3 is 10.2 Å². The normalized spacial score (nSPS) is 23.0. The van der Waals surface area contributed by atoms with Gasteiger partial charge in [0.05, 0.1) is 11.1 Å². The fraction of sp³-hybridized carbons (Fsp3) is 0.542. The Kier molecular flexibility index (Phi) is 7.43. The van der Waals surface area contributed by atoms with E-state index in [9.17, 15) is 32.3 Å². The number of amides is 4. The summed E-state index contributed by atoms with van der Waals surface area (Å²) in [5.74, 6) is -0.267. The highest BCUT2D eigenvalue weighted by Crippen LogP contribution is 2.33. The van der Waals surface area contributed by atoms with Gasteiger partial charge in [-0.05, 0) is 68.8 Å². The summed E-state index contributed by atoms with van der Waals surface area (Å²) in [4.78, 5) is 61.4. The van der Waals surface area contributed by atoms with Crippen LogP contribution in [0.15, 0.2) is 18.2 Å². The molecule has 4 aliphatic heterocycles. The molecule has 1 unspecified atom stereocenters. The molecule has 4 heterocycles. The molecule has 0 aliphatic carbocycles. The smallest absolute Gasteiger partial charge is 0.371 e. The molecule has 0 bridgehead atoms. The molecule has 1 aromatic rings. The first-order chi connectivity index (χ1) is 17.1. The minimum Gasteiger partial charge on any atom is -0.371 e. The predicted octanol–water partition coefficient (Wildman–Crippen LogP) is 1.66. The van der Waals surface area contributed by atoms with Gasteiger partial charge in [-0.15, -0.1) is 0 Å². The molecule has 3 fully saturated rings. The molecule has 0 saturated carbocycles. The number of imide groups is 2. The first-order valence-electron chi connectivity index (χ1n) is 11.9. The zero-order valence-corrected chi connectivity index (χ0v) is 19.5. The summed E-state index contributed by atoms with van der Waals surface area (Å²) in [6, 6.07) is 4.46. The summed E-state index contributed by atoms with van der Waals surface area (Å²) in [6.07, 6.45) is -1.83. The summed E-state index contributed by atoms with van der Waals surface area (Å²) < 4.78 is 31.2. The van der Waals surface area contributed by atoms with E-state index in [1.54, 1.807) is 12.1 Å². The van der Waals surface area contributed by atoms with Crippen molar-refractivity contribution < 1.29 is 37.1 Å². The molecule has 1 aromatic carbocycles. The highest BCUT2D eigenvalue weighted by atomic mass is 19.4. The van der Waals surface area contributed by atoms with E-state index in [1.807, 2.05) is 6.07 Å². The second-order valence-corrected chi connectivity index (χ2v) is 9.53. The van der Waals surface area contributed by atoms with E-state index in [2.05, 4.69) is 15.5 Å². The van der Waals surface area contributed by atoms with E-state index < -0.39 is 36.2 Å². The van der Waals surface area contributed by atoms with E-state index >= 15 is 0 Å². The fourth-order valence-corrected chi connectivity index (χ4v) is 5.07. The van der Waals surface area contributed by atoms with Crippen molar-refractivity contribution in [2.75, 3.05) is 31.1 Å². The molecule has 0 radical (unpaired) electrons. The highest BCUT2D eigenvalue weighted by Gasteiger charge is 2.44. The molecule has 3 saturated heterocycles. The minimum atomic E-state index is -4.64. The van der Waals surface area contributed by atoms with Crippen LogP contribution in [0.3, 0.4) is 0 Å². The molecule has 4 amide bonds. The lowest BCUT2D eigenvalue weighted by Crippen LogP contribution is -2.54. The number of benzene rings is 1. The van der Waals surface area contributed by atoms with Crippen LogP contribution in [0.25, 0.3) is 0 Å². The molecular formula is C24H27F3N4O5. The van der Waals surface area contributed by atoms with Gasteiger partial charge in [0.1, 0.15) is 6.04 Å². The molecule has 0 spiro atoms. The van der Waals surface area contributed by atoms with Gasteiger partial charge in [-0.3, -0.25) is 34.2 Å². The van der Waals surface area contributed by atoms with Crippen molar-refractivity contribution >= 4 is 35.6 Å². The minimum absolute atomic E-state index is 0.126. The third kappa shape index (κ3) is 5.58. The number of hydrogen-bond acceptors (Lipinski definition) is 7. The van der Waals surface area contributed by atoms with Crippen molar-refractivity contribution in [3.63, 3.8) is 0 Å². The summed E-state index contributed by atoms with van der Waals surface area (Å²) >= 11 is 0. The Hall–Kier alpha value is -3.28. The third-order valence-electron chi connectivity index (χ3n) is 7.07. The van der Waals surface area contributed by atoms with Crippen molar-refractivity contribution in [1.82, 2.24) is 15.5 Å². The summed E-state index contributed by atoms with van der Waals surface area (Å²) in [5.41, 5.74) is 1.63. The second-order valence-electron chi connectivity index (χ2n) is 9.53. The maximum Gasteiger partial charge on any atom is 0.446 e. The van der Waals surface area contributed by atoms with Crippen LogP contribution in [0.4, 0.5) is 18.9 Å². The maximum absolute atomic E-state index is 13.0. The number of aldehydes is 1. The van der Waals surface area contributed by atoms with Crippen LogP contribution in [0.5, 0.6) is 0 Å². The van der Waals surface area contributed by atoms with E-state index in [0.717, 1.165) is 61.4 Å². The molecule has 36 heavy (non-hydrogen) atoms. The van der Waals surface area contributed by atoms with Gasteiger partial charge in [-0.1, -0.05) is 0 Å². The van der Waals surface area contributed by atoms with Crippen LogP contribution in [0, 0.1) is 11.8 Å². The van der Waals surface area contributed by atoms with Crippen molar-refractivity contribution in [2.24, 2.45) is 11.8 Å². The molecular weight excluding hydrogens is 481 g/mol. The summed E-state index contributed by atoms with van der Waals surface area (Å²) in [5, 5.41) is 5.56. The highest BCUT2D eigenvalue weighted by molar-refractivity contribution is 6.23. The fourth-order valence-electron chi connectivity index (χ4n) is 5.07. The molecule has 0 aromatic heterocycles. The average Bonchev–Trinajstić information content (AvgIpc) is 3.06. The topological polar surface area (TPSA) is 116 Å². The van der Waals surface area contributed by atoms with Crippen LogP contribution in [-0.2, 0) is 14.4 Å². The number of fused-ring (bicyclic) bond motifs is 1. The Balaban J connectivity index is 0.000000455. The second kappa shape index (κ2) is 10.4.